The second kappa shape index (κ2) is 7.53. The Bertz CT molecular complexity index is 1160. The van der Waals surface area contributed by atoms with E-state index in [4.69, 9.17) is 16.6 Å². The molecule has 0 spiro atoms. The second-order valence-electron chi connectivity index (χ2n) is 6.46. The van der Waals surface area contributed by atoms with Crippen molar-refractivity contribution in [2.75, 3.05) is 5.32 Å². The lowest BCUT2D eigenvalue weighted by Crippen LogP contribution is -2.33. The summed E-state index contributed by atoms with van der Waals surface area (Å²) in [5.74, 6) is 0.347. The number of thiocarbonyl (C=S) groups is 1. The van der Waals surface area contributed by atoms with Gasteiger partial charge in [0.15, 0.2) is 10.7 Å². The van der Waals surface area contributed by atoms with E-state index in [1.807, 2.05) is 55.6 Å². The number of rotatable bonds is 3. The number of nitrogens with zero attached hydrogens (tertiary/aromatic N) is 1. The molecular formula is C21H17N3O2S2. The van der Waals surface area contributed by atoms with Crippen LogP contribution in [0.15, 0.2) is 58.3 Å². The molecule has 7 heteroatoms. The Balaban J connectivity index is 1.53. The fraction of sp³-hybridized carbons (Fsp3) is 0.0952. The number of hydrogen-bond donors (Lipinski definition) is 2. The number of benzene rings is 2. The van der Waals surface area contributed by atoms with E-state index < -0.39 is 0 Å². The summed E-state index contributed by atoms with van der Waals surface area (Å²) in [5.41, 5.74) is 5.39. The Morgan fingerprint density at radius 2 is 1.89 bits per heavy atom. The lowest BCUT2D eigenvalue weighted by Gasteiger charge is -2.08. The van der Waals surface area contributed by atoms with Crippen molar-refractivity contribution in [3.05, 3.63) is 69.9 Å². The van der Waals surface area contributed by atoms with Crippen LogP contribution >= 0.6 is 23.6 Å². The van der Waals surface area contributed by atoms with Crippen LogP contribution in [0.5, 0.6) is 0 Å². The van der Waals surface area contributed by atoms with Crippen LogP contribution < -0.4 is 10.6 Å². The van der Waals surface area contributed by atoms with E-state index in [1.165, 1.54) is 11.3 Å². The van der Waals surface area contributed by atoms with Gasteiger partial charge >= 0.3 is 0 Å². The van der Waals surface area contributed by atoms with Crippen molar-refractivity contribution in [2.24, 2.45) is 0 Å². The summed E-state index contributed by atoms with van der Waals surface area (Å²) in [5, 5.41) is 7.76. The summed E-state index contributed by atoms with van der Waals surface area (Å²) in [6.07, 6.45) is 0. The standard InChI is InChI=1S/C21H17N3O2S2/c1-12-8-13(2)10-14(9-12)20-23-16-11-15(5-6-17(16)26-20)22-21(27)24-19(25)18-4-3-7-28-18/h3-11H,1-2H3,(H2,22,24,25,27). The topological polar surface area (TPSA) is 67.2 Å². The zero-order chi connectivity index (χ0) is 19.7. The minimum absolute atomic E-state index is 0.230. The number of oxazole rings is 1. The lowest BCUT2D eigenvalue weighted by molar-refractivity contribution is 0.0981. The van der Waals surface area contributed by atoms with Gasteiger partial charge in [0.2, 0.25) is 5.89 Å². The first kappa shape index (κ1) is 18.3. The Hall–Kier alpha value is -3.03. The van der Waals surface area contributed by atoms with Gasteiger partial charge in [0, 0.05) is 11.3 Å². The van der Waals surface area contributed by atoms with Gasteiger partial charge in [0.05, 0.1) is 4.88 Å². The van der Waals surface area contributed by atoms with Crippen molar-refractivity contribution in [3.63, 3.8) is 0 Å². The fourth-order valence-corrected chi connectivity index (χ4v) is 3.79. The summed E-state index contributed by atoms with van der Waals surface area (Å²) in [4.78, 5) is 17.3. The number of aromatic nitrogens is 1. The third-order valence-electron chi connectivity index (χ3n) is 4.09. The summed E-state index contributed by atoms with van der Waals surface area (Å²) in [6, 6.07) is 15.3. The SMILES string of the molecule is Cc1cc(C)cc(-c2nc3cc(NC(=S)NC(=O)c4cccs4)ccc3o2)c1. The molecule has 2 aromatic carbocycles. The molecule has 0 aliphatic carbocycles. The number of hydrogen-bond acceptors (Lipinski definition) is 5. The maximum absolute atomic E-state index is 12.1. The van der Waals surface area contributed by atoms with Crippen LogP contribution in [0.3, 0.4) is 0 Å². The Labute approximate surface area is 171 Å². The molecular weight excluding hydrogens is 390 g/mol. The molecule has 0 saturated heterocycles. The monoisotopic (exact) mass is 407 g/mol. The molecule has 0 fully saturated rings. The smallest absolute Gasteiger partial charge is 0.267 e. The van der Waals surface area contributed by atoms with Gasteiger partial charge in [0.1, 0.15) is 5.52 Å². The fourth-order valence-electron chi connectivity index (χ4n) is 2.96. The Morgan fingerprint density at radius 3 is 2.61 bits per heavy atom. The van der Waals surface area contributed by atoms with Crippen LogP contribution in [0.25, 0.3) is 22.6 Å². The molecule has 0 radical (unpaired) electrons. The Morgan fingerprint density at radius 1 is 1.11 bits per heavy atom. The summed E-state index contributed by atoms with van der Waals surface area (Å²) >= 11 is 6.60. The molecule has 0 atom stereocenters. The third-order valence-corrected chi connectivity index (χ3v) is 5.16. The van der Waals surface area contributed by atoms with Gasteiger partial charge < -0.3 is 9.73 Å². The van der Waals surface area contributed by atoms with Crippen molar-refractivity contribution >= 4 is 51.4 Å². The molecule has 4 rings (SSSR count). The van der Waals surface area contributed by atoms with E-state index in [0.29, 0.717) is 21.9 Å². The van der Waals surface area contributed by atoms with Gasteiger partial charge in [-0.15, -0.1) is 11.3 Å². The quantitative estimate of drug-likeness (QED) is 0.451. The predicted molar refractivity (Wildman–Crippen MR) is 117 cm³/mol. The highest BCUT2D eigenvalue weighted by Crippen LogP contribution is 2.27. The van der Waals surface area contributed by atoms with Crippen LogP contribution in [0.4, 0.5) is 5.69 Å². The van der Waals surface area contributed by atoms with Gasteiger partial charge in [0.25, 0.3) is 5.91 Å². The first-order valence-corrected chi connectivity index (χ1v) is 9.92. The number of aryl methyl sites for hydroxylation is 2. The van der Waals surface area contributed by atoms with E-state index in [0.717, 1.165) is 22.4 Å². The average Bonchev–Trinajstić information content (AvgIpc) is 3.30. The molecule has 4 aromatic rings. The maximum Gasteiger partial charge on any atom is 0.267 e. The maximum atomic E-state index is 12.1. The molecule has 140 valence electrons. The second-order valence-corrected chi connectivity index (χ2v) is 7.82. The van der Waals surface area contributed by atoms with Gasteiger partial charge in [-0.2, -0.15) is 0 Å². The zero-order valence-electron chi connectivity index (χ0n) is 15.3. The highest BCUT2D eigenvalue weighted by Gasteiger charge is 2.12. The highest BCUT2D eigenvalue weighted by atomic mass is 32.1. The van der Waals surface area contributed by atoms with Crippen LogP contribution in [0.1, 0.15) is 20.8 Å². The van der Waals surface area contributed by atoms with Gasteiger partial charge in [-0.3, -0.25) is 10.1 Å². The first-order valence-electron chi connectivity index (χ1n) is 8.63. The van der Waals surface area contributed by atoms with E-state index in [9.17, 15) is 4.79 Å². The largest absolute Gasteiger partial charge is 0.436 e. The molecule has 2 N–H and O–H groups in total. The van der Waals surface area contributed by atoms with Gasteiger partial charge in [-0.25, -0.2) is 4.98 Å². The summed E-state index contributed by atoms with van der Waals surface area (Å²) in [6.45, 7) is 4.10. The number of fused-ring (bicyclic) bond motifs is 1. The normalized spacial score (nSPS) is 10.8. The molecule has 2 aromatic heterocycles. The van der Waals surface area contributed by atoms with Crippen LogP contribution in [0.2, 0.25) is 0 Å². The van der Waals surface area contributed by atoms with E-state index >= 15 is 0 Å². The van der Waals surface area contributed by atoms with E-state index in [1.54, 1.807) is 6.07 Å². The minimum atomic E-state index is -0.230. The number of carbonyl (C=O) groups excluding carboxylic acids is 1. The van der Waals surface area contributed by atoms with Crippen LogP contribution in [-0.4, -0.2) is 16.0 Å². The van der Waals surface area contributed by atoms with E-state index in [2.05, 4.69) is 21.7 Å². The minimum Gasteiger partial charge on any atom is -0.436 e. The van der Waals surface area contributed by atoms with Crippen molar-refractivity contribution in [1.29, 1.82) is 0 Å². The molecule has 0 aliphatic rings. The highest BCUT2D eigenvalue weighted by molar-refractivity contribution is 7.80. The number of thiophene rings is 1. The number of anilines is 1. The number of carbonyl (C=O) groups is 1. The van der Waals surface area contributed by atoms with Crippen molar-refractivity contribution in [3.8, 4) is 11.5 Å². The van der Waals surface area contributed by atoms with E-state index in [-0.39, 0.29) is 11.0 Å². The predicted octanol–water partition coefficient (Wildman–Crippen LogP) is 5.30. The van der Waals surface area contributed by atoms with Gasteiger partial charge in [-0.1, -0.05) is 23.3 Å². The molecule has 0 unspecified atom stereocenters. The number of amides is 1. The van der Waals surface area contributed by atoms with Gasteiger partial charge in [-0.05, 0) is 67.8 Å². The third kappa shape index (κ3) is 3.95. The summed E-state index contributed by atoms with van der Waals surface area (Å²) < 4.78 is 5.90. The molecule has 1 amide bonds. The van der Waals surface area contributed by atoms with Crippen LogP contribution in [-0.2, 0) is 0 Å². The summed E-state index contributed by atoms with van der Waals surface area (Å²) in [7, 11) is 0. The lowest BCUT2D eigenvalue weighted by atomic mass is 10.1. The van der Waals surface area contributed by atoms with Crippen molar-refractivity contribution < 1.29 is 9.21 Å². The first-order chi connectivity index (χ1) is 13.5. The molecule has 0 saturated carbocycles. The zero-order valence-corrected chi connectivity index (χ0v) is 16.9. The van der Waals surface area contributed by atoms with Crippen molar-refractivity contribution in [1.82, 2.24) is 10.3 Å². The molecule has 2 heterocycles. The molecule has 0 aliphatic heterocycles. The van der Waals surface area contributed by atoms with Crippen LogP contribution in [0, 0.1) is 13.8 Å². The molecule has 28 heavy (non-hydrogen) atoms. The molecule has 0 bridgehead atoms. The number of nitrogens with one attached hydrogen (secondary N) is 2. The Kier molecular flexibility index (Phi) is 4.93. The average molecular weight is 408 g/mol. The molecule has 5 nitrogen and oxygen atoms in total. The van der Waals surface area contributed by atoms with Crippen molar-refractivity contribution in [2.45, 2.75) is 13.8 Å².